The van der Waals surface area contributed by atoms with Gasteiger partial charge in [-0.15, -0.1) is 11.8 Å². The number of carbonyl (C=O) groups excluding carboxylic acids is 1. The van der Waals surface area contributed by atoms with E-state index in [0.29, 0.717) is 12.5 Å². The van der Waals surface area contributed by atoms with Crippen molar-refractivity contribution in [3.8, 4) is 0 Å². The summed E-state index contributed by atoms with van der Waals surface area (Å²) in [6.07, 6.45) is 2.40. The molecule has 2 aliphatic rings. The maximum atomic E-state index is 12.2. The molecule has 0 aromatic rings. The van der Waals surface area contributed by atoms with Crippen molar-refractivity contribution in [1.29, 1.82) is 0 Å². The highest BCUT2D eigenvalue weighted by Crippen LogP contribution is 2.28. The number of ether oxygens (including phenoxy) is 1. The average Bonchev–Trinajstić information content (AvgIpc) is 2.82. The van der Waals surface area contributed by atoms with Crippen molar-refractivity contribution in [3.63, 3.8) is 0 Å². The molecule has 16 heavy (non-hydrogen) atoms. The smallest absolute Gasteiger partial charge is 0.235 e. The number of hydrogen-bond donors (Lipinski definition) is 1. The number of hydrogen-bond acceptors (Lipinski definition) is 4. The predicted octanol–water partition coefficient (Wildman–Crippen LogP) is 0.329. The Balaban J connectivity index is 1.85. The van der Waals surface area contributed by atoms with Crippen LogP contribution in [0.15, 0.2) is 0 Å². The zero-order valence-corrected chi connectivity index (χ0v) is 10.6. The van der Waals surface area contributed by atoms with Crippen molar-refractivity contribution in [2.45, 2.75) is 24.2 Å². The summed E-state index contributed by atoms with van der Waals surface area (Å²) in [5, 5.41) is 3.31. The second-order valence-corrected chi connectivity index (χ2v) is 5.65. The zero-order valence-electron chi connectivity index (χ0n) is 9.78. The lowest BCUT2D eigenvalue weighted by Crippen LogP contribution is -2.50. The molecule has 2 fully saturated rings. The fourth-order valence-corrected chi connectivity index (χ4v) is 3.49. The van der Waals surface area contributed by atoms with Gasteiger partial charge in [-0.1, -0.05) is 0 Å². The van der Waals surface area contributed by atoms with Gasteiger partial charge in [0.25, 0.3) is 0 Å². The molecule has 5 heteroatoms. The third kappa shape index (κ3) is 2.90. The van der Waals surface area contributed by atoms with E-state index in [9.17, 15) is 4.79 Å². The average molecular weight is 244 g/mol. The van der Waals surface area contributed by atoms with Crippen LogP contribution in [0.1, 0.15) is 12.8 Å². The van der Waals surface area contributed by atoms with E-state index in [-0.39, 0.29) is 11.4 Å². The summed E-state index contributed by atoms with van der Waals surface area (Å²) < 4.78 is 5.60. The van der Waals surface area contributed by atoms with Crippen LogP contribution in [-0.2, 0) is 9.53 Å². The second-order valence-electron chi connectivity index (χ2n) is 4.34. The molecule has 2 saturated heterocycles. The Hall–Kier alpha value is -0.260. The Morgan fingerprint density at radius 1 is 1.62 bits per heavy atom. The highest BCUT2D eigenvalue weighted by molar-refractivity contribution is 8.00. The van der Waals surface area contributed by atoms with E-state index in [1.807, 2.05) is 23.7 Å². The molecule has 0 bridgehead atoms. The standard InChI is InChI=1S/C11H20N2O2S/c1-12-7-9-8-13(4-5-15-9)11(14)10-3-2-6-16-10/h9-10,12H,2-8H2,1H3. The van der Waals surface area contributed by atoms with Gasteiger partial charge in [0, 0.05) is 19.6 Å². The van der Waals surface area contributed by atoms with Crippen molar-refractivity contribution in [1.82, 2.24) is 10.2 Å². The van der Waals surface area contributed by atoms with Crippen molar-refractivity contribution < 1.29 is 9.53 Å². The zero-order chi connectivity index (χ0) is 11.4. The van der Waals surface area contributed by atoms with Gasteiger partial charge in [-0.25, -0.2) is 0 Å². The molecule has 4 nitrogen and oxygen atoms in total. The molecule has 2 rings (SSSR count). The van der Waals surface area contributed by atoms with Crippen LogP contribution in [0.2, 0.25) is 0 Å². The number of likely N-dealkylation sites (N-methyl/N-ethyl adjacent to an activating group) is 1. The minimum atomic E-state index is 0.161. The Morgan fingerprint density at radius 2 is 2.50 bits per heavy atom. The van der Waals surface area contributed by atoms with Gasteiger partial charge >= 0.3 is 0 Å². The van der Waals surface area contributed by atoms with Crippen molar-refractivity contribution in [3.05, 3.63) is 0 Å². The van der Waals surface area contributed by atoms with Gasteiger partial charge in [0.05, 0.1) is 18.0 Å². The fraction of sp³-hybridized carbons (Fsp3) is 0.909. The number of morpholine rings is 1. The number of thioether (sulfide) groups is 1. The first kappa shape index (κ1) is 12.2. The van der Waals surface area contributed by atoms with Crippen molar-refractivity contribution in [2.75, 3.05) is 39.0 Å². The van der Waals surface area contributed by atoms with E-state index < -0.39 is 0 Å². The van der Waals surface area contributed by atoms with Crippen LogP contribution in [0.25, 0.3) is 0 Å². The molecule has 0 radical (unpaired) electrons. The van der Waals surface area contributed by atoms with Crippen LogP contribution < -0.4 is 5.32 Å². The number of nitrogens with one attached hydrogen (secondary N) is 1. The maximum Gasteiger partial charge on any atom is 0.235 e. The highest BCUT2D eigenvalue weighted by Gasteiger charge is 2.31. The molecule has 0 saturated carbocycles. The van der Waals surface area contributed by atoms with Crippen LogP contribution in [0.5, 0.6) is 0 Å². The molecule has 1 N–H and O–H groups in total. The van der Waals surface area contributed by atoms with E-state index in [0.717, 1.165) is 31.8 Å². The molecule has 0 aromatic carbocycles. The van der Waals surface area contributed by atoms with Crippen molar-refractivity contribution >= 4 is 17.7 Å². The molecule has 0 aliphatic carbocycles. The quantitative estimate of drug-likeness (QED) is 0.777. The molecule has 0 spiro atoms. The second kappa shape index (κ2) is 5.89. The van der Waals surface area contributed by atoms with Crippen LogP contribution in [0.4, 0.5) is 0 Å². The van der Waals surface area contributed by atoms with E-state index in [2.05, 4.69) is 5.32 Å². The van der Waals surface area contributed by atoms with Gasteiger partial charge in [-0.05, 0) is 25.6 Å². The summed E-state index contributed by atoms with van der Waals surface area (Å²) in [7, 11) is 1.91. The molecular formula is C11H20N2O2S. The Morgan fingerprint density at radius 3 is 3.19 bits per heavy atom. The van der Waals surface area contributed by atoms with E-state index >= 15 is 0 Å². The molecule has 2 aliphatic heterocycles. The first-order valence-corrected chi connectivity index (χ1v) is 7.02. The minimum Gasteiger partial charge on any atom is -0.373 e. The molecule has 0 aromatic heterocycles. The van der Waals surface area contributed by atoms with E-state index in [1.165, 1.54) is 6.42 Å². The third-order valence-corrected chi connectivity index (χ3v) is 4.45. The molecule has 92 valence electrons. The maximum absolute atomic E-state index is 12.2. The molecule has 2 heterocycles. The molecular weight excluding hydrogens is 224 g/mol. The summed E-state index contributed by atoms with van der Waals surface area (Å²) in [6, 6.07) is 0. The SMILES string of the molecule is CNCC1CN(C(=O)C2CCCS2)CCO1. The molecule has 2 unspecified atom stereocenters. The van der Waals surface area contributed by atoms with E-state index in [1.54, 1.807) is 0 Å². The largest absolute Gasteiger partial charge is 0.373 e. The molecule has 2 atom stereocenters. The Kier molecular flexibility index (Phi) is 4.49. The monoisotopic (exact) mass is 244 g/mol. The van der Waals surface area contributed by atoms with Gasteiger partial charge in [0.2, 0.25) is 5.91 Å². The van der Waals surface area contributed by atoms with E-state index in [4.69, 9.17) is 4.74 Å². The fourth-order valence-electron chi connectivity index (χ4n) is 2.25. The topological polar surface area (TPSA) is 41.6 Å². The van der Waals surface area contributed by atoms with Crippen LogP contribution >= 0.6 is 11.8 Å². The summed E-state index contributed by atoms with van der Waals surface area (Å²) in [6.45, 7) is 3.00. The first-order chi connectivity index (χ1) is 7.81. The summed E-state index contributed by atoms with van der Waals surface area (Å²) in [4.78, 5) is 14.2. The van der Waals surface area contributed by atoms with Crippen LogP contribution in [0, 0.1) is 0 Å². The van der Waals surface area contributed by atoms with Crippen LogP contribution in [-0.4, -0.2) is 61.2 Å². The summed E-state index contributed by atoms with van der Waals surface area (Å²) in [5.41, 5.74) is 0. The lowest BCUT2D eigenvalue weighted by Gasteiger charge is -2.34. The number of rotatable bonds is 3. The van der Waals surface area contributed by atoms with Crippen molar-refractivity contribution in [2.24, 2.45) is 0 Å². The lowest BCUT2D eigenvalue weighted by atomic mass is 10.2. The van der Waals surface area contributed by atoms with Crippen LogP contribution in [0.3, 0.4) is 0 Å². The normalized spacial score (nSPS) is 30.7. The minimum absolute atomic E-state index is 0.161. The number of amides is 1. The predicted molar refractivity (Wildman–Crippen MR) is 65.7 cm³/mol. The third-order valence-electron chi connectivity index (χ3n) is 3.09. The highest BCUT2D eigenvalue weighted by atomic mass is 32.2. The summed E-state index contributed by atoms with van der Waals surface area (Å²) in [5.74, 6) is 1.47. The van der Waals surface area contributed by atoms with Gasteiger partial charge in [0.1, 0.15) is 0 Å². The number of nitrogens with zero attached hydrogens (tertiary/aromatic N) is 1. The Labute approximate surface area is 101 Å². The van der Waals surface area contributed by atoms with Gasteiger partial charge in [-0.2, -0.15) is 0 Å². The van der Waals surface area contributed by atoms with Gasteiger partial charge in [-0.3, -0.25) is 4.79 Å². The lowest BCUT2D eigenvalue weighted by molar-refractivity contribution is -0.138. The first-order valence-electron chi connectivity index (χ1n) is 5.98. The molecule has 1 amide bonds. The van der Waals surface area contributed by atoms with Gasteiger partial charge < -0.3 is 15.0 Å². The Bertz CT molecular complexity index is 242. The van der Waals surface area contributed by atoms with Gasteiger partial charge in [0.15, 0.2) is 0 Å². The number of carbonyl (C=O) groups is 1. The summed E-state index contributed by atoms with van der Waals surface area (Å²) >= 11 is 1.81.